The van der Waals surface area contributed by atoms with Crippen LogP contribution in [-0.2, 0) is 4.74 Å². The second kappa shape index (κ2) is 9.24. The quantitative estimate of drug-likeness (QED) is 0.420. The van der Waals surface area contributed by atoms with Gasteiger partial charge in [0.1, 0.15) is 6.33 Å². The number of hydrogen-bond acceptors (Lipinski definition) is 7. The van der Waals surface area contributed by atoms with Gasteiger partial charge < -0.3 is 10.1 Å². The first kappa shape index (κ1) is 19.0. The third-order valence-electron chi connectivity index (χ3n) is 4.48. The molecule has 3 N–H and O–H groups in total. The number of fused-ring (bicyclic) bond motifs is 1. The first-order valence-electron chi connectivity index (χ1n) is 9.19. The smallest absolute Gasteiger partial charge is 0.185 e. The number of benzene rings is 1. The van der Waals surface area contributed by atoms with Crippen LogP contribution in [-0.4, -0.2) is 59.4 Å². The molecule has 9 heteroatoms. The lowest BCUT2D eigenvalue weighted by Crippen LogP contribution is -2.44. The van der Waals surface area contributed by atoms with Gasteiger partial charge in [-0.1, -0.05) is 30.3 Å². The Balaban J connectivity index is 1.34. The zero-order chi connectivity index (χ0) is 19.2. The Morgan fingerprint density at radius 2 is 2.00 bits per heavy atom. The number of morpholine rings is 1. The maximum atomic E-state index is 5.36. The fourth-order valence-corrected chi connectivity index (χ4v) is 4.21. The van der Waals surface area contributed by atoms with Crippen LogP contribution in [0.25, 0.3) is 20.7 Å². The summed E-state index contributed by atoms with van der Waals surface area (Å²) in [6.07, 6.45) is 1.56. The maximum Gasteiger partial charge on any atom is 0.185 e. The Labute approximate surface area is 173 Å². The molecule has 1 aliphatic heterocycles. The molecule has 0 amide bonds. The minimum absolute atomic E-state index is 0.542. The zero-order valence-electron chi connectivity index (χ0n) is 15.4. The van der Waals surface area contributed by atoms with Crippen LogP contribution in [0.1, 0.15) is 0 Å². The van der Waals surface area contributed by atoms with Crippen LogP contribution in [0.4, 0.5) is 5.82 Å². The summed E-state index contributed by atoms with van der Waals surface area (Å²) in [5.74, 6) is 0.717. The van der Waals surface area contributed by atoms with Gasteiger partial charge >= 0.3 is 0 Å². The fraction of sp³-hybridized carbons (Fsp3) is 0.316. The fourth-order valence-electron chi connectivity index (χ4n) is 3.00. The van der Waals surface area contributed by atoms with E-state index in [9.17, 15) is 0 Å². The van der Waals surface area contributed by atoms with E-state index in [2.05, 4.69) is 49.2 Å². The number of anilines is 1. The summed E-state index contributed by atoms with van der Waals surface area (Å²) in [5.41, 5.74) is 8.22. The summed E-state index contributed by atoms with van der Waals surface area (Å²) in [7, 11) is 0. The molecule has 3 aromatic rings. The molecule has 1 aromatic carbocycles. The van der Waals surface area contributed by atoms with Crippen molar-refractivity contribution in [1.29, 1.82) is 0 Å². The molecule has 28 heavy (non-hydrogen) atoms. The minimum Gasteiger partial charge on any atom is -0.379 e. The van der Waals surface area contributed by atoms with Gasteiger partial charge in [0, 0.05) is 31.1 Å². The first-order valence-corrected chi connectivity index (χ1v) is 10.4. The number of nitrogens with zero attached hydrogens (tertiary/aromatic N) is 3. The van der Waals surface area contributed by atoms with Crippen molar-refractivity contribution in [3.8, 4) is 10.4 Å². The number of hydrogen-bond donors (Lipinski definition) is 3. The molecule has 0 saturated carbocycles. The average Bonchev–Trinajstić information content (AvgIpc) is 3.19. The van der Waals surface area contributed by atoms with E-state index in [4.69, 9.17) is 17.0 Å². The van der Waals surface area contributed by atoms with Crippen LogP contribution < -0.4 is 16.2 Å². The van der Waals surface area contributed by atoms with Gasteiger partial charge in [-0.05, 0) is 23.8 Å². The van der Waals surface area contributed by atoms with E-state index in [0.29, 0.717) is 5.11 Å². The van der Waals surface area contributed by atoms with Crippen molar-refractivity contribution in [2.24, 2.45) is 0 Å². The number of aromatic nitrogens is 2. The highest BCUT2D eigenvalue weighted by atomic mass is 32.1. The third-order valence-corrected chi connectivity index (χ3v) is 5.91. The molecule has 0 spiro atoms. The van der Waals surface area contributed by atoms with E-state index in [1.54, 1.807) is 17.7 Å². The largest absolute Gasteiger partial charge is 0.379 e. The molecule has 0 unspecified atom stereocenters. The highest BCUT2D eigenvalue weighted by Gasteiger charge is 2.11. The molecule has 0 bridgehead atoms. The summed E-state index contributed by atoms with van der Waals surface area (Å²) >= 11 is 7.01. The van der Waals surface area contributed by atoms with Gasteiger partial charge in [0.25, 0.3) is 0 Å². The van der Waals surface area contributed by atoms with E-state index >= 15 is 0 Å². The highest BCUT2D eigenvalue weighted by Crippen LogP contribution is 2.35. The van der Waals surface area contributed by atoms with E-state index in [0.717, 1.165) is 60.3 Å². The van der Waals surface area contributed by atoms with Crippen LogP contribution in [0.5, 0.6) is 0 Å². The normalized spacial score (nSPS) is 14.7. The third kappa shape index (κ3) is 4.74. The monoisotopic (exact) mass is 414 g/mol. The number of ether oxygens (including phenoxy) is 1. The van der Waals surface area contributed by atoms with Crippen molar-refractivity contribution in [2.45, 2.75) is 0 Å². The molecule has 146 valence electrons. The lowest BCUT2D eigenvalue weighted by Gasteiger charge is -2.26. The molecule has 0 atom stereocenters. The zero-order valence-corrected chi connectivity index (χ0v) is 17.0. The second-order valence-corrected chi connectivity index (χ2v) is 7.83. The molecule has 0 aliphatic carbocycles. The van der Waals surface area contributed by atoms with Gasteiger partial charge in [0.2, 0.25) is 0 Å². The van der Waals surface area contributed by atoms with Gasteiger partial charge in [-0.15, -0.1) is 11.3 Å². The highest BCUT2D eigenvalue weighted by molar-refractivity contribution is 7.80. The maximum absolute atomic E-state index is 5.36. The summed E-state index contributed by atoms with van der Waals surface area (Å²) in [6, 6.07) is 12.4. The summed E-state index contributed by atoms with van der Waals surface area (Å²) in [4.78, 5) is 12.3. The molecule has 2 aromatic heterocycles. The Bertz CT molecular complexity index is 927. The van der Waals surface area contributed by atoms with E-state index in [-0.39, 0.29) is 0 Å². The predicted octanol–water partition coefficient (Wildman–Crippen LogP) is 2.48. The number of hydrazine groups is 1. The second-order valence-electron chi connectivity index (χ2n) is 6.37. The van der Waals surface area contributed by atoms with Gasteiger partial charge in [0.05, 0.1) is 23.4 Å². The van der Waals surface area contributed by atoms with Crippen molar-refractivity contribution in [3.05, 3.63) is 42.7 Å². The number of thiophene rings is 1. The van der Waals surface area contributed by atoms with Gasteiger partial charge in [0.15, 0.2) is 10.9 Å². The SMILES string of the molecule is S=C(NCCN1CCOCC1)NNc1ncnc2cc(-c3ccccc3)sc12. The first-order chi connectivity index (χ1) is 13.8. The van der Waals surface area contributed by atoms with Gasteiger partial charge in [-0.2, -0.15) is 0 Å². The summed E-state index contributed by atoms with van der Waals surface area (Å²) in [6.45, 7) is 5.28. The van der Waals surface area contributed by atoms with Crippen LogP contribution in [0, 0.1) is 0 Å². The van der Waals surface area contributed by atoms with E-state index < -0.39 is 0 Å². The Morgan fingerprint density at radius 3 is 2.82 bits per heavy atom. The molecule has 1 saturated heterocycles. The van der Waals surface area contributed by atoms with E-state index in [1.807, 2.05) is 18.2 Å². The van der Waals surface area contributed by atoms with Crippen LogP contribution >= 0.6 is 23.6 Å². The average molecular weight is 415 g/mol. The standard InChI is InChI=1S/C19H22N6OS2/c27-19(20-6-7-25-8-10-26-11-9-25)24-23-18-17-15(21-13-22-18)12-16(28-17)14-4-2-1-3-5-14/h1-5,12-13H,6-11H2,(H2,20,24,27)(H,21,22,23). The Hall–Kier alpha value is -2.33. The molecular formula is C19H22N6OS2. The lowest BCUT2D eigenvalue weighted by atomic mass is 10.2. The molecule has 1 fully saturated rings. The lowest BCUT2D eigenvalue weighted by molar-refractivity contribution is 0.0389. The van der Waals surface area contributed by atoms with Gasteiger partial charge in [-0.3, -0.25) is 15.8 Å². The minimum atomic E-state index is 0.542. The number of thiocarbonyl (C=S) groups is 1. The molecular weight excluding hydrogens is 392 g/mol. The molecule has 4 rings (SSSR count). The number of rotatable bonds is 6. The topological polar surface area (TPSA) is 74.3 Å². The van der Waals surface area contributed by atoms with E-state index in [1.165, 1.54) is 5.56 Å². The predicted molar refractivity (Wildman–Crippen MR) is 117 cm³/mol. The Kier molecular flexibility index (Phi) is 6.27. The molecule has 7 nitrogen and oxygen atoms in total. The molecule has 1 aliphatic rings. The molecule has 0 radical (unpaired) electrons. The van der Waals surface area contributed by atoms with Gasteiger partial charge in [-0.25, -0.2) is 9.97 Å². The number of nitrogens with one attached hydrogen (secondary N) is 3. The summed E-state index contributed by atoms with van der Waals surface area (Å²) in [5, 5.41) is 3.76. The van der Waals surface area contributed by atoms with Crippen LogP contribution in [0.15, 0.2) is 42.7 Å². The Morgan fingerprint density at radius 1 is 1.18 bits per heavy atom. The van der Waals surface area contributed by atoms with Crippen molar-refractivity contribution in [3.63, 3.8) is 0 Å². The van der Waals surface area contributed by atoms with Crippen LogP contribution in [0.2, 0.25) is 0 Å². The van der Waals surface area contributed by atoms with Crippen LogP contribution in [0.3, 0.4) is 0 Å². The van der Waals surface area contributed by atoms with Crippen molar-refractivity contribution in [2.75, 3.05) is 44.8 Å². The van der Waals surface area contributed by atoms with Crippen molar-refractivity contribution in [1.82, 2.24) is 25.6 Å². The van der Waals surface area contributed by atoms with Crippen molar-refractivity contribution >= 4 is 44.7 Å². The summed E-state index contributed by atoms with van der Waals surface area (Å²) < 4.78 is 6.35. The van der Waals surface area contributed by atoms with Crippen molar-refractivity contribution < 1.29 is 4.74 Å². The molecule has 3 heterocycles.